The maximum Gasteiger partial charge on any atom is 0.336 e. The lowest BCUT2D eigenvalue weighted by atomic mass is 10.0. The molecule has 2 aromatic carbocycles. The Hall–Kier alpha value is -3.93. The smallest absolute Gasteiger partial charge is 0.336 e. The fraction of sp³-hybridized carbons (Fsp3) is 0.160. The molecule has 4 aromatic rings. The van der Waals surface area contributed by atoms with E-state index >= 15 is 0 Å². The molecule has 0 atom stereocenters. The van der Waals surface area contributed by atoms with Gasteiger partial charge < -0.3 is 10.0 Å². The highest BCUT2D eigenvalue weighted by Gasteiger charge is 2.25. The Kier molecular flexibility index (Phi) is 4.36. The highest BCUT2D eigenvalue weighted by atomic mass is 16.4. The average molecular weight is 410 g/mol. The summed E-state index contributed by atoms with van der Waals surface area (Å²) >= 11 is 0. The first kappa shape index (κ1) is 19.1. The van der Waals surface area contributed by atoms with Gasteiger partial charge in [0.2, 0.25) is 0 Å². The van der Waals surface area contributed by atoms with Crippen LogP contribution in [0.15, 0.2) is 54.7 Å². The van der Waals surface area contributed by atoms with Gasteiger partial charge >= 0.3 is 5.97 Å². The second-order valence-electron chi connectivity index (χ2n) is 7.92. The van der Waals surface area contributed by atoms with Crippen molar-refractivity contribution in [3.63, 3.8) is 0 Å². The van der Waals surface area contributed by atoms with Gasteiger partial charge in [-0.05, 0) is 54.0 Å². The largest absolute Gasteiger partial charge is 0.478 e. The monoisotopic (exact) mass is 410 g/mol. The molecule has 0 radical (unpaired) electrons. The first-order chi connectivity index (χ1) is 14.9. The number of fused-ring (bicyclic) bond motifs is 2. The van der Waals surface area contributed by atoms with Crippen LogP contribution < -0.4 is 4.90 Å². The minimum absolute atomic E-state index is 0.308. The number of pyridine rings is 1. The third-order valence-electron chi connectivity index (χ3n) is 5.90. The van der Waals surface area contributed by atoms with Gasteiger partial charge in [0.1, 0.15) is 5.52 Å². The highest BCUT2D eigenvalue weighted by molar-refractivity contribution is 6.04. The maximum absolute atomic E-state index is 11.6. The van der Waals surface area contributed by atoms with Crippen molar-refractivity contribution < 1.29 is 9.90 Å². The van der Waals surface area contributed by atoms with Crippen LogP contribution >= 0.6 is 0 Å². The van der Waals surface area contributed by atoms with Crippen LogP contribution in [-0.4, -0.2) is 32.9 Å². The topological polar surface area (TPSA) is 71.2 Å². The normalized spacial score (nSPS) is 12.7. The average Bonchev–Trinajstić information content (AvgIpc) is 3.32. The Labute approximate surface area is 180 Å². The molecule has 0 bridgehead atoms. The van der Waals surface area contributed by atoms with Crippen molar-refractivity contribution in [2.75, 3.05) is 11.9 Å². The molecule has 1 aliphatic rings. The van der Waals surface area contributed by atoms with Gasteiger partial charge in [0.25, 0.3) is 0 Å². The molecule has 0 amide bonds. The molecule has 0 unspecified atom stereocenters. The molecule has 2 heterocycles. The summed E-state index contributed by atoms with van der Waals surface area (Å²) in [5.41, 5.74) is 8.03. The lowest BCUT2D eigenvalue weighted by molar-refractivity contribution is 0.0695. The summed E-state index contributed by atoms with van der Waals surface area (Å²) in [6.07, 6.45) is 4.06. The molecule has 6 heteroatoms. The zero-order valence-electron chi connectivity index (χ0n) is 17.6. The molecule has 1 N–H and O–H groups in total. The van der Waals surface area contributed by atoms with Crippen LogP contribution in [0.4, 0.5) is 11.4 Å². The summed E-state index contributed by atoms with van der Waals surface area (Å²) in [6, 6.07) is 16.1. The molecule has 0 saturated heterocycles. The zero-order chi connectivity index (χ0) is 21.7. The number of allylic oxidation sites excluding steroid dienone is 1. The van der Waals surface area contributed by atoms with Crippen molar-refractivity contribution in [2.24, 2.45) is 7.05 Å². The van der Waals surface area contributed by atoms with Gasteiger partial charge in [-0.25, -0.2) is 4.79 Å². The maximum atomic E-state index is 11.6. The number of aryl methyl sites for hydroxylation is 2. The number of aromatic carboxylic acids is 1. The van der Waals surface area contributed by atoms with Crippen LogP contribution in [0, 0.1) is 6.92 Å². The van der Waals surface area contributed by atoms with Crippen LogP contribution in [0.3, 0.4) is 0 Å². The number of hydrogen-bond acceptors (Lipinski definition) is 4. The first-order valence-corrected chi connectivity index (χ1v) is 10.1. The van der Waals surface area contributed by atoms with Crippen LogP contribution in [0.25, 0.3) is 22.6 Å². The number of carboxylic acids is 1. The van der Waals surface area contributed by atoms with Gasteiger partial charge in [-0.2, -0.15) is 5.10 Å². The van der Waals surface area contributed by atoms with E-state index in [1.807, 2.05) is 30.9 Å². The minimum atomic E-state index is -0.926. The van der Waals surface area contributed by atoms with Gasteiger partial charge in [0.05, 0.1) is 22.6 Å². The van der Waals surface area contributed by atoms with Crippen molar-refractivity contribution in [3.8, 4) is 0 Å². The Morgan fingerprint density at radius 2 is 1.97 bits per heavy atom. The van der Waals surface area contributed by atoms with E-state index in [9.17, 15) is 9.90 Å². The molecule has 0 fully saturated rings. The van der Waals surface area contributed by atoms with E-state index in [0.29, 0.717) is 12.0 Å². The molecule has 2 aromatic heterocycles. The highest BCUT2D eigenvalue weighted by Crippen LogP contribution is 2.38. The molecule has 0 spiro atoms. The Morgan fingerprint density at radius 1 is 1.16 bits per heavy atom. The summed E-state index contributed by atoms with van der Waals surface area (Å²) in [7, 11) is 3.98. The van der Waals surface area contributed by atoms with Gasteiger partial charge in [-0.3, -0.25) is 9.67 Å². The van der Waals surface area contributed by atoms with Crippen molar-refractivity contribution in [1.82, 2.24) is 14.8 Å². The summed E-state index contributed by atoms with van der Waals surface area (Å²) in [6.45, 7) is 2.08. The van der Waals surface area contributed by atoms with Crippen molar-refractivity contribution >= 4 is 39.9 Å². The molecule has 0 saturated carbocycles. The molecule has 154 valence electrons. The lowest BCUT2D eigenvalue weighted by Crippen LogP contribution is -2.10. The van der Waals surface area contributed by atoms with Gasteiger partial charge in [0.15, 0.2) is 0 Å². The lowest BCUT2D eigenvalue weighted by Gasteiger charge is -2.20. The van der Waals surface area contributed by atoms with Gasteiger partial charge in [0, 0.05) is 37.8 Å². The van der Waals surface area contributed by atoms with Gasteiger partial charge in [-0.1, -0.05) is 24.3 Å². The standard InChI is InChI=1S/C25H22N4O2/c1-15-6-4-7-17(12-15)28(2)22-9-5-8-19-23(22)27-29(3)24(19)16-13-20-18(25(30)31)10-11-26-21(20)14-16/h4-12,14H,13H2,1-3H3,(H,30,31). The number of carboxylic acid groups (broad SMARTS) is 1. The van der Waals surface area contributed by atoms with E-state index in [4.69, 9.17) is 5.10 Å². The second kappa shape index (κ2) is 7.09. The van der Waals surface area contributed by atoms with Crippen LogP contribution in [0.5, 0.6) is 0 Å². The summed E-state index contributed by atoms with van der Waals surface area (Å²) < 4.78 is 1.89. The van der Waals surface area contributed by atoms with E-state index in [1.165, 1.54) is 5.56 Å². The molecular weight excluding hydrogens is 388 g/mol. The Morgan fingerprint density at radius 3 is 2.74 bits per heavy atom. The van der Waals surface area contributed by atoms with E-state index in [-0.39, 0.29) is 0 Å². The second-order valence-corrected chi connectivity index (χ2v) is 7.92. The summed E-state index contributed by atoms with van der Waals surface area (Å²) in [5, 5.41) is 15.4. The van der Waals surface area contributed by atoms with Crippen molar-refractivity contribution in [1.29, 1.82) is 0 Å². The number of anilines is 2. The number of rotatable bonds is 4. The molecule has 0 aliphatic heterocycles. The SMILES string of the molecule is Cc1cccc(N(C)c2cccc3c(C4=Cc5nccc(C(=O)O)c5C4)n(C)nc23)c1. The predicted molar refractivity (Wildman–Crippen MR) is 123 cm³/mol. The number of hydrogen-bond donors (Lipinski definition) is 1. The van der Waals surface area contributed by atoms with E-state index in [2.05, 4.69) is 53.2 Å². The molecule has 6 nitrogen and oxygen atoms in total. The summed E-state index contributed by atoms with van der Waals surface area (Å²) in [4.78, 5) is 18.2. The Bertz CT molecular complexity index is 1380. The Balaban J connectivity index is 1.61. The minimum Gasteiger partial charge on any atom is -0.478 e. The number of aromatic nitrogens is 3. The fourth-order valence-electron chi connectivity index (χ4n) is 4.41. The van der Waals surface area contributed by atoms with Crippen LogP contribution in [-0.2, 0) is 13.5 Å². The molecule has 1 aliphatic carbocycles. The van der Waals surface area contributed by atoms with Gasteiger partial charge in [-0.15, -0.1) is 0 Å². The van der Waals surface area contributed by atoms with E-state index < -0.39 is 5.97 Å². The quantitative estimate of drug-likeness (QED) is 0.521. The van der Waals surface area contributed by atoms with E-state index in [1.54, 1.807) is 12.3 Å². The predicted octanol–water partition coefficient (Wildman–Crippen LogP) is 4.84. The molecule has 5 rings (SSSR count). The van der Waals surface area contributed by atoms with E-state index in [0.717, 1.165) is 44.8 Å². The van der Waals surface area contributed by atoms with Crippen molar-refractivity contribution in [2.45, 2.75) is 13.3 Å². The molecule has 31 heavy (non-hydrogen) atoms. The van der Waals surface area contributed by atoms with Crippen LogP contribution in [0.1, 0.15) is 32.9 Å². The fourth-order valence-corrected chi connectivity index (χ4v) is 4.41. The number of benzene rings is 2. The number of nitrogens with zero attached hydrogens (tertiary/aromatic N) is 4. The zero-order valence-corrected chi connectivity index (χ0v) is 17.6. The summed E-state index contributed by atoms with van der Waals surface area (Å²) in [5.74, 6) is -0.926. The third-order valence-corrected chi connectivity index (χ3v) is 5.90. The molecular formula is C25H22N4O2. The van der Waals surface area contributed by atoms with Crippen molar-refractivity contribution in [3.05, 3.63) is 82.8 Å². The first-order valence-electron chi connectivity index (χ1n) is 10.1. The number of carbonyl (C=O) groups is 1. The third kappa shape index (κ3) is 3.08. The van der Waals surface area contributed by atoms with Crippen LogP contribution in [0.2, 0.25) is 0 Å².